The molecular formula is C23H22ClN3O3. The van der Waals surface area contributed by atoms with Crippen molar-refractivity contribution in [2.24, 2.45) is 0 Å². The number of oxazole rings is 1. The van der Waals surface area contributed by atoms with Crippen molar-refractivity contribution in [3.05, 3.63) is 70.6 Å². The van der Waals surface area contributed by atoms with Crippen LogP contribution < -0.4 is 5.32 Å². The van der Waals surface area contributed by atoms with Gasteiger partial charge < -0.3 is 14.6 Å². The molecule has 0 aliphatic carbocycles. The number of halogens is 1. The molecule has 0 unspecified atom stereocenters. The second-order valence-corrected chi connectivity index (χ2v) is 7.74. The van der Waals surface area contributed by atoms with Crippen LogP contribution in [-0.4, -0.2) is 34.8 Å². The Morgan fingerprint density at radius 3 is 2.60 bits per heavy atom. The van der Waals surface area contributed by atoms with E-state index in [1.54, 1.807) is 30.0 Å². The normalized spacial score (nSPS) is 13.5. The molecule has 1 fully saturated rings. The summed E-state index contributed by atoms with van der Waals surface area (Å²) >= 11 is 6.12. The zero-order chi connectivity index (χ0) is 21.1. The number of aromatic nitrogens is 1. The fourth-order valence-corrected chi connectivity index (χ4v) is 3.71. The molecule has 6 nitrogen and oxygen atoms in total. The Morgan fingerprint density at radius 1 is 1.13 bits per heavy atom. The standard InChI is InChI=1S/C23H22ClN3O3/c1-15-19(26-22(30-15)16-7-3-2-4-8-16)14-21(28)25-20-13-17(24)9-10-18(20)23(29)27-11-5-6-12-27/h2-4,7-10,13H,5-6,11-12,14H2,1H3,(H,25,28). The van der Waals surface area contributed by atoms with Crippen molar-refractivity contribution in [1.29, 1.82) is 0 Å². The van der Waals surface area contributed by atoms with Gasteiger partial charge in [-0.05, 0) is 50.1 Å². The van der Waals surface area contributed by atoms with Crippen molar-refractivity contribution < 1.29 is 14.0 Å². The summed E-state index contributed by atoms with van der Waals surface area (Å²) < 4.78 is 5.73. The van der Waals surface area contributed by atoms with Crippen molar-refractivity contribution in [2.75, 3.05) is 18.4 Å². The SMILES string of the molecule is Cc1oc(-c2ccccc2)nc1CC(=O)Nc1cc(Cl)ccc1C(=O)N1CCCC1. The number of nitrogens with one attached hydrogen (secondary N) is 1. The predicted octanol–water partition coefficient (Wildman–Crippen LogP) is 4.72. The lowest BCUT2D eigenvalue weighted by atomic mass is 10.1. The Kier molecular flexibility index (Phi) is 5.86. The van der Waals surface area contributed by atoms with E-state index >= 15 is 0 Å². The lowest BCUT2D eigenvalue weighted by Crippen LogP contribution is -2.29. The number of likely N-dealkylation sites (tertiary alicyclic amines) is 1. The molecule has 1 aromatic heterocycles. The van der Waals surface area contributed by atoms with Gasteiger partial charge in [-0.3, -0.25) is 9.59 Å². The second-order valence-electron chi connectivity index (χ2n) is 7.30. The number of hydrogen-bond donors (Lipinski definition) is 1. The minimum atomic E-state index is -0.288. The van der Waals surface area contributed by atoms with Crippen molar-refractivity contribution in [3.63, 3.8) is 0 Å². The van der Waals surface area contributed by atoms with Crippen LogP contribution in [0.2, 0.25) is 5.02 Å². The van der Waals surface area contributed by atoms with E-state index in [2.05, 4.69) is 10.3 Å². The van der Waals surface area contributed by atoms with Crippen LogP contribution in [-0.2, 0) is 11.2 Å². The summed E-state index contributed by atoms with van der Waals surface area (Å²) in [7, 11) is 0. The molecule has 2 amide bonds. The van der Waals surface area contributed by atoms with E-state index in [-0.39, 0.29) is 18.2 Å². The fraction of sp³-hybridized carbons (Fsp3) is 0.261. The van der Waals surface area contributed by atoms with Gasteiger partial charge in [-0.25, -0.2) is 4.98 Å². The molecule has 1 saturated heterocycles. The number of carbonyl (C=O) groups excluding carboxylic acids is 2. The maximum Gasteiger partial charge on any atom is 0.255 e. The van der Waals surface area contributed by atoms with Gasteiger partial charge in [0.2, 0.25) is 11.8 Å². The van der Waals surface area contributed by atoms with Crippen LogP contribution in [0.25, 0.3) is 11.5 Å². The summed E-state index contributed by atoms with van der Waals surface area (Å²) in [5.41, 5.74) is 2.26. The van der Waals surface area contributed by atoms with Crippen molar-refractivity contribution in [3.8, 4) is 11.5 Å². The molecule has 1 aliphatic rings. The highest BCUT2D eigenvalue weighted by Crippen LogP contribution is 2.25. The summed E-state index contributed by atoms with van der Waals surface area (Å²) in [4.78, 5) is 31.8. The molecule has 0 radical (unpaired) electrons. The van der Waals surface area contributed by atoms with Gasteiger partial charge in [-0.2, -0.15) is 0 Å². The molecule has 0 bridgehead atoms. The molecular weight excluding hydrogens is 402 g/mol. The summed E-state index contributed by atoms with van der Waals surface area (Å²) in [5.74, 6) is 0.680. The van der Waals surface area contributed by atoms with Crippen molar-refractivity contribution in [1.82, 2.24) is 9.88 Å². The monoisotopic (exact) mass is 423 g/mol. The number of nitrogens with zero attached hydrogens (tertiary/aromatic N) is 2. The van der Waals surface area contributed by atoms with Crippen molar-refractivity contribution >= 4 is 29.1 Å². The summed E-state index contributed by atoms with van der Waals surface area (Å²) in [6.07, 6.45) is 2.03. The topological polar surface area (TPSA) is 75.4 Å². The van der Waals surface area contributed by atoms with E-state index in [0.29, 0.717) is 33.6 Å². The van der Waals surface area contributed by atoms with Crippen LogP contribution in [0.15, 0.2) is 52.9 Å². The van der Waals surface area contributed by atoms with Crippen LogP contribution in [0.1, 0.15) is 34.7 Å². The maximum absolute atomic E-state index is 12.8. The number of hydrogen-bond acceptors (Lipinski definition) is 4. The third kappa shape index (κ3) is 4.39. The van der Waals surface area contributed by atoms with Crippen LogP contribution in [0.4, 0.5) is 5.69 Å². The average Bonchev–Trinajstić information content (AvgIpc) is 3.39. The van der Waals surface area contributed by atoms with Gasteiger partial charge in [0.25, 0.3) is 5.91 Å². The third-order valence-electron chi connectivity index (χ3n) is 5.12. The Morgan fingerprint density at radius 2 is 1.87 bits per heavy atom. The highest BCUT2D eigenvalue weighted by Gasteiger charge is 2.23. The lowest BCUT2D eigenvalue weighted by molar-refractivity contribution is -0.115. The Labute approximate surface area is 179 Å². The van der Waals surface area contributed by atoms with Gasteiger partial charge in [-0.1, -0.05) is 29.8 Å². The molecule has 1 N–H and O–H groups in total. The first-order valence-electron chi connectivity index (χ1n) is 9.91. The third-order valence-corrected chi connectivity index (χ3v) is 5.36. The Hall–Kier alpha value is -3.12. The fourth-order valence-electron chi connectivity index (χ4n) is 3.54. The highest BCUT2D eigenvalue weighted by molar-refractivity contribution is 6.31. The van der Waals surface area contributed by atoms with E-state index in [1.807, 2.05) is 30.3 Å². The van der Waals surface area contributed by atoms with Gasteiger partial charge in [0.05, 0.1) is 23.4 Å². The summed E-state index contributed by atoms with van der Waals surface area (Å²) in [6, 6.07) is 14.4. The minimum Gasteiger partial charge on any atom is -0.441 e. The number of carbonyl (C=O) groups is 2. The summed E-state index contributed by atoms with van der Waals surface area (Å²) in [5, 5.41) is 3.28. The van der Waals surface area contributed by atoms with Gasteiger partial charge in [0.15, 0.2) is 0 Å². The molecule has 30 heavy (non-hydrogen) atoms. The molecule has 7 heteroatoms. The van der Waals surface area contributed by atoms with Gasteiger partial charge >= 0.3 is 0 Å². The smallest absolute Gasteiger partial charge is 0.255 e. The van der Waals surface area contributed by atoms with E-state index < -0.39 is 0 Å². The number of anilines is 1. The Balaban J connectivity index is 1.51. The molecule has 0 spiro atoms. The first kappa shape index (κ1) is 20.2. The van der Waals surface area contributed by atoms with Crippen LogP contribution >= 0.6 is 11.6 Å². The molecule has 2 heterocycles. The van der Waals surface area contributed by atoms with E-state index in [9.17, 15) is 9.59 Å². The van der Waals surface area contributed by atoms with E-state index in [1.165, 1.54) is 0 Å². The Bertz CT molecular complexity index is 1070. The average molecular weight is 424 g/mol. The van der Waals surface area contributed by atoms with Gasteiger partial charge in [0, 0.05) is 23.7 Å². The van der Waals surface area contributed by atoms with E-state index in [0.717, 1.165) is 31.5 Å². The number of rotatable bonds is 5. The van der Waals surface area contributed by atoms with Gasteiger partial charge in [-0.15, -0.1) is 0 Å². The number of amides is 2. The van der Waals surface area contributed by atoms with Crippen molar-refractivity contribution in [2.45, 2.75) is 26.2 Å². The molecule has 4 rings (SSSR count). The molecule has 2 aromatic carbocycles. The predicted molar refractivity (Wildman–Crippen MR) is 116 cm³/mol. The number of benzene rings is 2. The van der Waals surface area contributed by atoms with E-state index in [4.69, 9.17) is 16.0 Å². The van der Waals surface area contributed by atoms with Crippen LogP contribution in [0.5, 0.6) is 0 Å². The zero-order valence-corrected chi connectivity index (χ0v) is 17.4. The first-order valence-corrected chi connectivity index (χ1v) is 10.3. The first-order chi connectivity index (χ1) is 14.5. The molecule has 0 atom stereocenters. The number of aryl methyl sites for hydroxylation is 1. The molecule has 154 valence electrons. The zero-order valence-electron chi connectivity index (χ0n) is 16.7. The quantitative estimate of drug-likeness (QED) is 0.644. The largest absolute Gasteiger partial charge is 0.441 e. The molecule has 0 saturated carbocycles. The van der Waals surface area contributed by atoms with Crippen LogP contribution in [0, 0.1) is 6.92 Å². The molecule has 1 aliphatic heterocycles. The lowest BCUT2D eigenvalue weighted by Gasteiger charge is -2.18. The summed E-state index contributed by atoms with van der Waals surface area (Å²) in [6.45, 7) is 3.24. The maximum atomic E-state index is 12.8. The van der Waals surface area contributed by atoms with Gasteiger partial charge in [0.1, 0.15) is 5.76 Å². The highest BCUT2D eigenvalue weighted by atomic mass is 35.5. The minimum absolute atomic E-state index is 0.0338. The second kappa shape index (κ2) is 8.71. The van der Waals surface area contributed by atoms with Crippen LogP contribution in [0.3, 0.4) is 0 Å². The molecule has 3 aromatic rings.